The second kappa shape index (κ2) is 11.1. The van der Waals surface area contributed by atoms with Gasteiger partial charge in [0.15, 0.2) is 5.96 Å². The third-order valence-corrected chi connectivity index (χ3v) is 3.56. The summed E-state index contributed by atoms with van der Waals surface area (Å²) in [5.74, 6) is 0.792. The number of guanidine groups is 1. The Hall–Kier alpha value is -1.50. The van der Waals surface area contributed by atoms with Gasteiger partial charge < -0.3 is 25.6 Å². The molecule has 0 aromatic carbocycles. The lowest BCUT2D eigenvalue weighted by Crippen LogP contribution is -2.43. The van der Waals surface area contributed by atoms with E-state index in [0.29, 0.717) is 13.1 Å². The van der Waals surface area contributed by atoms with Crippen LogP contribution in [0.15, 0.2) is 4.99 Å². The first-order valence-corrected chi connectivity index (χ1v) is 9.12. The van der Waals surface area contributed by atoms with Crippen LogP contribution in [0.1, 0.15) is 47.0 Å². The first-order chi connectivity index (χ1) is 11.4. The molecular formula is C17H35N5O2. The van der Waals surface area contributed by atoms with Gasteiger partial charge in [0.1, 0.15) is 5.60 Å². The van der Waals surface area contributed by atoms with E-state index in [4.69, 9.17) is 4.74 Å². The zero-order chi connectivity index (χ0) is 17.8. The van der Waals surface area contributed by atoms with E-state index in [9.17, 15) is 4.79 Å². The van der Waals surface area contributed by atoms with Crippen LogP contribution in [-0.4, -0.2) is 68.4 Å². The van der Waals surface area contributed by atoms with Crippen molar-refractivity contribution >= 4 is 12.1 Å². The molecule has 3 N–H and O–H groups in total. The zero-order valence-electron chi connectivity index (χ0n) is 15.8. The van der Waals surface area contributed by atoms with Crippen LogP contribution in [0.5, 0.6) is 0 Å². The summed E-state index contributed by atoms with van der Waals surface area (Å²) in [6.07, 6.45) is 3.57. The van der Waals surface area contributed by atoms with Crippen molar-refractivity contribution in [1.29, 1.82) is 0 Å². The Balaban J connectivity index is 2.21. The summed E-state index contributed by atoms with van der Waals surface area (Å²) < 4.78 is 5.20. The molecule has 0 spiro atoms. The van der Waals surface area contributed by atoms with Gasteiger partial charge in [0.05, 0.1) is 6.54 Å². The number of likely N-dealkylation sites (tertiary alicyclic amines) is 1. The van der Waals surface area contributed by atoms with Gasteiger partial charge in [-0.25, -0.2) is 4.79 Å². The van der Waals surface area contributed by atoms with Crippen molar-refractivity contribution in [2.24, 2.45) is 4.99 Å². The smallest absolute Gasteiger partial charge is 0.407 e. The average Bonchev–Trinajstić information content (AvgIpc) is 2.51. The third-order valence-electron chi connectivity index (χ3n) is 3.56. The molecule has 1 aliphatic rings. The number of ether oxygens (including phenoxy) is 1. The van der Waals surface area contributed by atoms with Gasteiger partial charge in [0.2, 0.25) is 0 Å². The highest BCUT2D eigenvalue weighted by atomic mass is 16.6. The van der Waals surface area contributed by atoms with Crippen LogP contribution >= 0.6 is 0 Å². The molecule has 7 nitrogen and oxygen atoms in total. The largest absolute Gasteiger partial charge is 0.444 e. The molecule has 0 aromatic rings. The first kappa shape index (κ1) is 20.5. The van der Waals surface area contributed by atoms with Crippen molar-refractivity contribution in [2.45, 2.75) is 52.6 Å². The van der Waals surface area contributed by atoms with E-state index >= 15 is 0 Å². The van der Waals surface area contributed by atoms with E-state index in [0.717, 1.165) is 25.6 Å². The van der Waals surface area contributed by atoms with Crippen LogP contribution in [0.4, 0.5) is 4.79 Å². The topological polar surface area (TPSA) is 78.0 Å². The second-order valence-corrected chi connectivity index (χ2v) is 7.02. The monoisotopic (exact) mass is 341 g/mol. The quantitative estimate of drug-likeness (QED) is 0.372. The van der Waals surface area contributed by atoms with E-state index in [1.54, 1.807) is 0 Å². The number of amides is 1. The summed E-state index contributed by atoms with van der Waals surface area (Å²) >= 11 is 0. The van der Waals surface area contributed by atoms with Crippen LogP contribution in [0.25, 0.3) is 0 Å². The van der Waals surface area contributed by atoms with Gasteiger partial charge in [-0.05, 0) is 53.6 Å². The fourth-order valence-corrected chi connectivity index (χ4v) is 2.49. The number of aliphatic imine (C=N–C) groups is 1. The number of hydrogen-bond donors (Lipinski definition) is 3. The minimum atomic E-state index is -0.470. The number of piperidine rings is 1. The summed E-state index contributed by atoms with van der Waals surface area (Å²) in [4.78, 5) is 18.6. The molecular weight excluding hydrogens is 306 g/mol. The van der Waals surface area contributed by atoms with Gasteiger partial charge in [-0.1, -0.05) is 6.42 Å². The number of nitrogens with one attached hydrogen (secondary N) is 3. The van der Waals surface area contributed by atoms with E-state index in [1.807, 2.05) is 27.7 Å². The molecule has 0 aromatic heterocycles. The Labute approximate surface area is 146 Å². The van der Waals surface area contributed by atoms with E-state index < -0.39 is 11.7 Å². The number of hydrogen-bond acceptors (Lipinski definition) is 4. The Morgan fingerprint density at radius 3 is 2.38 bits per heavy atom. The van der Waals surface area contributed by atoms with E-state index in [-0.39, 0.29) is 0 Å². The normalized spacial score (nSPS) is 16.6. The Morgan fingerprint density at radius 2 is 1.75 bits per heavy atom. The van der Waals surface area contributed by atoms with E-state index in [1.165, 1.54) is 32.4 Å². The predicted octanol–water partition coefficient (Wildman–Crippen LogP) is 1.55. The molecule has 140 valence electrons. The number of carbonyl (C=O) groups is 1. The maximum Gasteiger partial charge on any atom is 0.407 e. The van der Waals surface area contributed by atoms with Gasteiger partial charge in [0.25, 0.3) is 0 Å². The highest BCUT2D eigenvalue weighted by Gasteiger charge is 2.15. The molecule has 7 heteroatoms. The SMILES string of the molecule is CCNC(=NCCN1CCCCC1)NCCNC(=O)OC(C)(C)C. The van der Waals surface area contributed by atoms with Gasteiger partial charge >= 0.3 is 6.09 Å². The lowest BCUT2D eigenvalue weighted by Gasteiger charge is -2.25. The maximum atomic E-state index is 11.6. The molecule has 1 aliphatic heterocycles. The Bertz CT molecular complexity index is 387. The molecule has 1 rings (SSSR count). The molecule has 1 saturated heterocycles. The minimum Gasteiger partial charge on any atom is -0.444 e. The highest BCUT2D eigenvalue weighted by molar-refractivity contribution is 5.79. The summed E-state index contributed by atoms with van der Waals surface area (Å²) in [7, 11) is 0. The lowest BCUT2D eigenvalue weighted by molar-refractivity contribution is 0.0529. The molecule has 1 fully saturated rings. The first-order valence-electron chi connectivity index (χ1n) is 9.12. The fraction of sp³-hybridized carbons (Fsp3) is 0.882. The van der Waals surface area contributed by atoms with Gasteiger partial charge in [-0.2, -0.15) is 0 Å². The summed E-state index contributed by atoms with van der Waals surface area (Å²) in [5.41, 5.74) is -0.470. The van der Waals surface area contributed by atoms with Crippen molar-refractivity contribution in [3.05, 3.63) is 0 Å². The molecule has 1 amide bonds. The average molecular weight is 342 g/mol. The fourth-order valence-electron chi connectivity index (χ4n) is 2.49. The van der Waals surface area contributed by atoms with Crippen molar-refractivity contribution in [3.8, 4) is 0 Å². The van der Waals surface area contributed by atoms with Crippen LogP contribution in [-0.2, 0) is 4.74 Å². The summed E-state index contributed by atoms with van der Waals surface area (Å²) in [6, 6.07) is 0. The number of nitrogens with zero attached hydrogens (tertiary/aromatic N) is 2. The van der Waals surface area contributed by atoms with Crippen molar-refractivity contribution in [3.63, 3.8) is 0 Å². The van der Waals surface area contributed by atoms with Crippen molar-refractivity contribution in [1.82, 2.24) is 20.9 Å². The Morgan fingerprint density at radius 1 is 1.08 bits per heavy atom. The molecule has 0 saturated carbocycles. The van der Waals surface area contributed by atoms with Gasteiger partial charge in [0, 0.05) is 26.2 Å². The summed E-state index contributed by atoms with van der Waals surface area (Å²) in [6.45, 7) is 13.7. The molecule has 0 unspecified atom stereocenters. The highest BCUT2D eigenvalue weighted by Crippen LogP contribution is 2.07. The van der Waals surface area contributed by atoms with Crippen LogP contribution in [0, 0.1) is 0 Å². The molecule has 24 heavy (non-hydrogen) atoms. The predicted molar refractivity (Wildman–Crippen MR) is 98.5 cm³/mol. The molecule has 1 heterocycles. The number of carbonyl (C=O) groups excluding carboxylic acids is 1. The van der Waals surface area contributed by atoms with Crippen molar-refractivity contribution < 1.29 is 9.53 Å². The second-order valence-electron chi connectivity index (χ2n) is 7.02. The van der Waals surface area contributed by atoms with Gasteiger partial charge in [-0.3, -0.25) is 4.99 Å². The van der Waals surface area contributed by atoms with Crippen molar-refractivity contribution in [2.75, 3.05) is 45.8 Å². The number of rotatable bonds is 7. The molecule has 0 bridgehead atoms. The minimum absolute atomic E-state index is 0.392. The Kier molecular flexibility index (Phi) is 9.52. The maximum absolute atomic E-state index is 11.6. The third kappa shape index (κ3) is 10.3. The number of alkyl carbamates (subject to hydrolysis) is 1. The molecule has 0 aliphatic carbocycles. The van der Waals surface area contributed by atoms with Crippen LogP contribution < -0.4 is 16.0 Å². The van der Waals surface area contributed by atoms with Gasteiger partial charge in [-0.15, -0.1) is 0 Å². The van der Waals surface area contributed by atoms with E-state index in [2.05, 4.69) is 25.8 Å². The zero-order valence-corrected chi connectivity index (χ0v) is 15.8. The summed E-state index contributed by atoms with van der Waals surface area (Å²) in [5, 5.41) is 9.18. The van der Waals surface area contributed by atoms with Crippen LogP contribution in [0.2, 0.25) is 0 Å². The van der Waals surface area contributed by atoms with Crippen LogP contribution in [0.3, 0.4) is 0 Å². The standard InChI is InChI=1S/C17H35N5O2/c1-5-18-15(20-11-14-22-12-7-6-8-13-22)19-9-10-21-16(23)24-17(2,3)4/h5-14H2,1-4H3,(H,21,23)(H2,18,19,20). The molecule has 0 atom stereocenters. The molecule has 0 radical (unpaired) electrons. The lowest BCUT2D eigenvalue weighted by atomic mass is 10.1.